The first kappa shape index (κ1) is 17.3. The first-order chi connectivity index (χ1) is 11.1. The Morgan fingerprint density at radius 3 is 2.83 bits per heavy atom. The fourth-order valence-corrected chi connectivity index (χ4v) is 3.10. The Hall–Kier alpha value is -2.08. The average Bonchev–Trinajstić information content (AvgIpc) is 2.59. The van der Waals surface area contributed by atoms with Crippen LogP contribution in [0.1, 0.15) is 24.4 Å². The zero-order valence-electron chi connectivity index (χ0n) is 13.9. The highest BCUT2D eigenvalue weighted by atomic mass is 16.5. The summed E-state index contributed by atoms with van der Waals surface area (Å²) in [5, 5.41) is 2.72. The van der Waals surface area contributed by atoms with Gasteiger partial charge in [0.05, 0.1) is 25.7 Å². The van der Waals surface area contributed by atoms with Crippen molar-refractivity contribution in [3.05, 3.63) is 29.8 Å². The van der Waals surface area contributed by atoms with Crippen LogP contribution in [-0.4, -0.2) is 51.1 Å². The summed E-state index contributed by atoms with van der Waals surface area (Å²) in [4.78, 5) is 26.5. The highest BCUT2D eigenvalue weighted by Crippen LogP contribution is 2.37. The average molecular weight is 320 g/mol. The van der Waals surface area contributed by atoms with Gasteiger partial charge in [0.1, 0.15) is 5.75 Å². The zero-order valence-corrected chi connectivity index (χ0v) is 13.9. The summed E-state index contributed by atoms with van der Waals surface area (Å²) in [6.45, 7) is 0.900. The third kappa shape index (κ3) is 3.82. The molecule has 1 aromatic rings. The van der Waals surface area contributed by atoms with E-state index in [0.29, 0.717) is 31.7 Å². The van der Waals surface area contributed by atoms with E-state index in [4.69, 9.17) is 9.47 Å². The Balaban J connectivity index is 2.40. The lowest BCUT2D eigenvalue weighted by molar-refractivity contribution is -0.144. The summed E-state index contributed by atoms with van der Waals surface area (Å²) >= 11 is 0. The Kier molecular flexibility index (Phi) is 5.98. The predicted molar refractivity (Wildman–Crippen MR) is 86.1 cm³/mol. The van der Waals surface area contributed by atoms with Gasteiger partial charge in [0.25, 0.3) is 0 Å². The van der Waals surface area contributed by atoms with Gasteiger partial charge in [-0.05, 0) is 24.1 Å². The van der Waals surface area contributed by atoms with Crippen LogP contribution in [0.4, 0.5) is 0 Å². The molecular weight excluding hydrogens is 296 g/mol. The molecule has 2 atom stereocenters. The van der Waals surface area contributed by atoms with Crippen molar-refractivity contribution < 1.29 is 19.1 Å². The van der Waals surface area contributed by atoms with E-state index in [-0.39, 0.29) is 23.8 Å². The number of carbonyl (C=O) groups is 2. The number of likely N-dealkylation sites (tertiary alicyclic amines) is 1. The van der Waals surface area contributed by atoms with Crippen LogP contribution in [0, 0.1) is 5.92 Å². The monoisotopic (exact) mass is 320 g/mol. The minimum atomic E-state index is -0.304. The van der Waals surface area contributed by atoms with Crippen molar-refractivity contribution in [2.75, 3.05) is 34.4 Å². The maximum atomic E-state index is 12.4. The molecule has 0 radical (unpaired) electrons. The molecule has 1 heterocycles. The molecule has 1 aliphatic heterocycles. The molecule has 1 fully saturated rings. The second-order valence-electron chi connectivity index (χ2n) is 5.56. The molecule has 6 nitrogen and oxygen atoms in total. The second kappa shape index (κ2) is 7.97. The fraction of sp³-hybridized carbons (Fsp3) is 0.529. The van der Waals surface area contributed by atoms with Crippen LogP contribution in [0.3, 0.4) is 0 Å². The van der Waals surface area contributed by atoms with Crippen molar-refractivity contribution in [2.45, 2.75) is 18.9 Å². The Bertz CT molecular complexity index is 561. The first-order valence-electron chi connectivity index (χ1n) is 7.76. The number of hydrogen-bond donors (Lipinski definition) is 1. The van der Waals surface area contributed by atoms with Crippen LogP contribution >= 0.6 is 0 Å². The van der Waals surface area contributed by atoms with Crippen molar-refractivity contribution in [2.24, 2.45) is 5.92 Å². The van der Waals surface area contributed by atoms with Crippen molar-refractivity contribution in [1.82, 2.24) is 10.2 Å². The molecule has 0 bridgehead atoms. The van der Waals surface area contributed by atoms with Crippen LogP contribution in [0.2, 0.25) is 0 Å². The van der Waals surface area contributed by atoms with Gasteiger partial charge in [-0.25, -0.2) is 0 Å². The largest absolute Gasteiger partial charge is 0.497 e. The molecule has 2 rings (SSSR count). The van der Waals surface area contributed by atoms with Crippen LogP contribution < -0.4 is 10.1 Å². The van der Waals surface area contributed by atoms with E-state index in [1.54, 1.807) is 26.2 Å². The number of nitrogens with zero attached hydrogens (tertiary/aromatic N) is 1. The highest BCUT2D eigenvalue weighted by molar-refractivity contribution is 5.84. The zero-order chi connectivity index (χ0) is 16.8. The van der Waals surface area contributed by atoms with Gasteiger partial charge in [0, 0.05) is 27.1 Å². The smallest absolute Gasteiger partial charge is 0.225 e. The number of piperidine rings is 1. The van der Waals surface area contributed by atoms with Crippen molar-refractivity contribution >= 4 is 11.8 Å². The maximum absolute atomic E-state index is 12.4. The third-order valence-electron chi connectivity index (χ3n) is 4.26. The summed E-state index contributed by atoms with van der Waals surface area (Å²) in [6, 6.07) is 7.24. The molecule has 1 saturated heterocycles. The number of carbonyl (C=O) groups excluding carboxylic acids is 2. The molecule has 1 aliphatic rings. The van der Waals surface area contributed by atoms with Gasteiger partial charge in [-0.15, -0.1) is 0 Å². The standard InChI is InChI=1S/C17H24N2O4/c1-18-17(21)14-7-8-15(20)19(9-10-22-2)16(14)12-5-4-6-13(11-12)23-3/h4-6,11,14,16H,7-10H2,1-3H3,(H,18,21)/t14-,16+/m1/s1. The van der Waals surface area contributed by atoms with E-state index in [1.165, 1.54) is 0 Å². The number of benzene rings is 1. The van der Waals surface area contributed by atoms with Crippen LogP contribution in [-0.2, 0) is 14.3 Å². The van der Waals surface area contributed by atoms with Gasteiger partial charge >= 0.3 is 0 Å². The fourth-order valence-electron chi connectivity index (χ4n) is 3.10. The van der Waals surface area contributed by atoms with Crippen molar-refractivity contribution in [3.8, 4) is 5.75 Å². The molecule has 0 saturated carbocycles. The molecule has 2 amide bonds. The molecule has 1 N–H and O–H groups in total. The van der Waals surface area contributed by atoms with Gasteiger partial charge < -0.3 is 19.7 Å². The molecule has 0 aromatic heterocycles. The minimum Gasteiger partial charge on any atom is -0.497 e. The predicted octanol–water partition coefficient (Wildman–Crippen LogP) is 1.37. The maximum Gasteiger partial charge on any atom is 0.225 e. The van der Waals surface area contributed by atoms with Crippen LogP contribution in [0.25, 0.3) is 0 Å². The van der Waals surface area contributed by atoms with Gasteiger partial charge in [-0.3, -0.25) is 9.59 Å². The van der Waals surface area contributed by atoms with Crippen LogP contribution in [0.15, 0.2) is 24.3 Å². The van der Waals surface area contributed by atoms with Gasteiger partial charge in [-0.1, -0.05) is 12.1 Å². The summed E-state index contributed by atoms with van der Waals surface area (Å²) in [5.41, 5.74) is 0.905. The number of amides is 2. The Morgan fingerprint density at radius 1 is 1.39 bits per heavy atom. The quantitative estimate of drug-likeness (QED) is 0.859. The lowest BCUT2D eigenvalue weighted by Gasteiger charge is -2.40. The highest BCUT2D eigenvalue weighted by Gasteiger charge is 2.40. The Morgan fingerprint density at radius 2 is 2.17 bits per heavy atom. The number of hydrogen-bond acceptors (Lipinski definition) is 4. The van der Waals surface area contributed by atoms with Crippen LogP contribution in [0.5, 0.6) is 5.75 Å². The molecule has 0 spiro atoms. The van der Waals surface area contributed by atoms with E-state index in [0.717, 1.165) is 5.56 Å². The summed E-state index contributed by atoms with van der Waals surface area (Å²) in [7, 11) is 4.83. The van der Waals surface area contributed by atoms with E-state index in [2.05, 4.69) is 5.32 Å². The second-order valence-corrected chi connectivity index (χ2v) is 5.56. The van der Waals surface area contributed by atoms with E-state index in [1.807, 2.05) is 24.3 Å². The molecule has 0 unspecified atom stereocenters. The van der Waals surface area contributed by atoms with Crippen molar-refractivity contribution in [3.63, 3.8) is 0 Å². The van der Waals surface area contributed by atoms with Gasteiger partial charge in [-0.2, -0.15) is 0 Å². The van der Waals surface area contributed by atoms with E-state index in [9.17, 15) is 9.59 Å². The van der Waals surface area contributed by atoms with E-state index >= 15 is 0 Å². The summed E-state index contributed by atoms with van der Waals surface area (Å²) in [5.74, 6) is 0.437. The summed E-state index contributed by atoms with van der Waals surface area (Å²) < 4.78 is 10.4. The molecular formula is C17H24N2O4. The number of ether oxygens (including phenoxy) is 2. The molecule has 1 aromatic carbocycles. The normalized spacial score (nSPS) is 21.2. The molecule has 23 heavy (non-hydrogen) atoms. The first-order valence-corrected chi connectivity index (χ1v) is 7.76. The minimum absolute atomic E-state index is 0.0484. The van der Waals surface area contributed by atoms with E-state index < -0.39 is 0 Å². The third-order valence-corrected chi connectivity index (χ3v) is 4.26. The lowest BCUT2D eigenvalue weighted by Crippen LogP contribution is -2.48. The molecule has 126 valence electrons. The van der Waals surface area contributed by atoms with Crippen molar-refractivity contribution in [1.29, 1.82) is 0 Å². The number of rotatable bonds is 6. The molecule has 6 heteroatoms. The number of methoxy groups -OCH3 is 2. The Labute approximate surface area is 136 Å². The van der Waals surface area contributed by atoms with Gasteiger partial charge in [0.15, 0.2) is 0 Å². The lowest BCUT2D eigenvalue weighted by atomic mass is 9.83. The topological polar surface area (TPSA) is 67.9 Å². The number of nitrogens with one attached hydrogen (secondary N) is 1. The molecule has 0 aliphatic carbocycles. The van der Waals surface area contributed by atoms with Gasteiger partial charge in [0.2, 0.25) is 11.8 Å². The summed E-state index contributed by atoms with van der Waals surface area (Å²) in [6.07, 6.45) is 0.923. The SMILES string of the molecule is CNC(=O)[C@@H]1CCC(=O)N(CCOC)[C@H]1c1cccc(OC)c1.